The summed E-state index contributed by atoms with van der Waals surface area (Å²) in [5, 5.41) is 3.30. The van der Waals surface area contributed by atoms with E-state index in [2.05, 4.69) is 5.32 Å². The van der Waals surface area contributed by atoms with Crippen LogP contribution in [0.3, 0.4) is 0 Å². The Bertz CT molecular complexity index is 637. The summed E-state index contributed by atoms with van der Waals surface area (Å²) in [6, 6.07) is 3.76. The van der Waals surface area contributed by atoms with E-state index in [-0.39, 0.29) is 6.04 Å². The van der Waals surface area contributed by atoms with Crippen molar-refractivity contribution in [3.8, 4) is 5.75 Å². The molecule has 1 aliphatic heterocycles. The van der Waals surface area contributed by atoms with E-state index in [4.69, 9.17) is 4.74 Å². The molecule has 1 heterocycles. The molecule has 23 heavy (non-hydrogen) atoms. The fraction of sp³-hybridized carbons (Fsp3) is 0.647. The number of methoxy groups -OCH3 is 1. The number of rotatable bonds is 6. The minimum absolute atomic E-state index is 0.0617. The Morgan fingerprint density at radius 2 is 1.91 bits per heavy atom. The molecule has 5 nitrogen and oxygen atoms in total. The molecule has 6 heteroatoms. The van der Waals surface area contributed by atoms with E-state index in [9.17, 15) is 8.42 Å². The van der Waals surface area contributed by atoms with Gasteiger partial charge in [-0.3, -0.25) is 0 Å². The molecular weight excluding hydrogens is 312 g/mol. The van der Waals surface area contributed by atoms with Crippen molar-refractivity contribution in [2.24, 2.45) is 0 Å². The van der Waals surface area contributed by atoms with E-state index in [1.807, 2.05) is 26.8 Å². The van der Waals surface area contributed by atoms with Crippen molar-refractivity contribution < 1.29 is 13.2 Å². The van der Waals surface area contributed by atoms with Crippen LogP contribution in [-0.4, -0.2) is 45.5 Å². The van der Waals surface area contributed by atoms with E-state index >= 15 is 0 Å². The Morgan fingerprint density at radius 1 is 1.26 bits per heavy atom. The smallest absolute Gasteiger partial charge is 0.247 e. The maximum absolute atomic E-state index is 13.4. The molecule has 0 radical (unpaired) electrons. The van der Waals surface area contributed by atoms with E-state index < -0.39 is 10.0 Å². The first-order valence-corrected chi connectivity index (χ1v) is 9.73. The molecule has 0 aromatic heterocycles. The van der Waals surface area contributed by atoms with Crippen LogP contribution in [0.2, 0.25) is 0 Å². The van der Waals surface area contributed by atoms with Crippen molar-refractivity contribution in [1.29, 1.82) is 0 Å². The molecule has 0 aliphatic carbocycles. The number of nitrogens with zero attached hydrogens (tertiary/aromatic N) is 1. The summed E-state index contributed by atoms with van der Waals surface area (Å²) in [5.41, 5.74) is 1.75. The fourth-order valence-corrected chi connectivity index (χ4v) is 5.45. The predicted octanol–water partition coefficient (Wildman–Crippen LogP) is 2.46. The Morgan fingerprint density at radius 3 is 2.48 bits per heavy atom. The van der Waals surface area contributed by atoms with Gasteiger partial charge in [-0.05, 0) is 63.4 Å². The highest BCUT2D eigenvalue weighted by atomic mass is 32.2. The Kier molecular flexibility index (Phi) is 6.06. The predicted molar refractivity (Wildman–Crippen MR) is 92.5 cm³/mol. The average molecular weight is 340 g/mol. The Balaban J connectivity index is 2.49. The molecule has 0 spiro atoms. The summed E-state index contributed by atoms with van der Waals surface area (Å²) in [6.45, 7) is 8.08. The third-order valence-corrected chi connectivity index (χ3v) is 6.47. The second kappa shape index (κ2) is 7.64. The van der Waals surface area contributed by atoms with Crippen LogP contribution in [0.5, 0.6) is 5.75 Å². The molecular formula is C17H28N2O3S. The van der Waals surface area contributed by atoms with Gasteiger partial charge in [-0.15, -0.1) is 0 Å². The summed E-state index contributed by atoms with van der Waals surface area (Å²) >= 11 is 0. The molecule has 0 unspecified atom stereocenters. The van der Waals surface area contributed by atoms with Gasteiger partial charge in [0.25, 0.3) is 0 Å². The normalized spacial score (nSPS) is 16.7. The molecule has 0 bridgehead atoms. The summed E-state index contributed by atoms with van der Waals surface area (Å²) in [6.07, 6.45) is 2.51. The van der Waals surface area contributed by atoms with Crippen LogP contribution in [0.4, 0.5) is 0 Å². The first-order valence-electron chi connectivity index (χ1n) is 8.29. The largest absolute Gasteiger partial charge is 0.495 e. The van der Waals surface area contributed by atoms with Gasteiger partial charge < -0.3 is 10.1 Å². The van der Waals surface area contributed by atoms with Crippen LogP contribution < -0.4 is 10.1 Å². The molecule has 2 rings (SSSR count). The minimum atomic E-state index is -3.57. The summed E-state index contributed by atoms with van der Waals surface area (Å²) in [7, 11) is -2.04. The average Bonchev–Trinajstić information content (AvgIpc) is 2.52. The van der Waals surface area contributed by atoms with Crippen LogP contribution in [0.1, 0.15) is 37.3 Å². The van der Waals surface area contributed by atoms with Gasteiger partial charge in [0.15, 0.2) is 0 Å². The lowest BCUT2D eigenvalue weighted by molar-refractivity contribution is 0.261. The number of aryl methyl sites for hydroxylation is 2. The van der Waals surface area contributed by atoms with E-state index in [1.54, 1.807) is 10.4 Å². The highest BCUT2D eigenvalue weighted by Gasteiger charge is 2.34. The summed E-state index contributed by atoms with van der Waals surface area (Å²) in [5.74, 6) is 0.442. The highest BCUT2D eigenvalue weighted by molar-refractivity contribution is 7.89. The topological polar surface area (TPSA) is 58.6 Å². The number of sulfonamides is 1. The van der Waals surface area contributed by atoms with Crippen LogP contribution in [0.25, 0.3) is 0 Å². The number of benzene rings is 1. The Labute approximate surface area is 140 Å². The zero-order chi connectivity index (χ0) is 17.0. The van der Waals surface area contributed by atoms with Gasteiger partial charge in [-0.1, -0.05) is 13.0 Å². The van der Waals surface area contributed by atoms with Gasteiger partial charge in [0.2, 0.25) is 10.0 Å². The van der Waals surface area contributed by atoms with Gasteiger partial charge in [0.1, 0.15) is 10.6 Å². The molecule has 0 atom stereocenters. The first-order chi connectivity index (χ1) is 10.9. The lowest BCUT2D eigenvalue weighted by atomic mass is 10.1. The van der Waals surface area contributed by atoms with Gasteiger partial charge in [0, 0.05) is 12.6 Å². The molecule has 1 N–H and O–H groups in total. The van der Waals surface area contributed by atoms with E-state index in [0.717, 1.165) is 43.5 Å². The SMILES string of the molecule is CCCN(C1CCNCC1)S(=O)(=O)c1c(C)cc(C)cc1OC. The lowest BCUT2D eigenvalue weighted by Gasteiger charge is -2.34. The maximum Gasteiger partial charge on any atom is 0.247 e. The molecule has 1 saturated heterocycles. The summed E-state index contributed by atoms with van der Waals surface area (Å²) < 4.78 is 33.8. The van der Waals surface area contributed by atoms with Crippen LogP contribution in [0, 0.1) is 13.8 Å². The van der Waals surface area contributed by atoms with Crippen molar-refractivity contribution in [3.05, 3.63) is 23.3 Å². The zero-order valence-corrected chi connectivity index (χ0v) is 15.4. The standard InChI is InChI=1S/C17H28N2O3S/c1-5-10-19(15-6-8-18-9-7-15)23(20,21)17-14(3)11-13(2)12-16(17)22-4/h11-12,15,18H,5-10H2,1-4H3. The molecule has 0 amide bonds. The molecule has 1 aromatic rings. The van der Waals surface area contributed by atoms with Crippen molar-refractivity contribution in [2.45, 2.75) is 51.0 Å². The Hall–Kier alpha value is -1.11. The second-order valence-corrected chi connectivity index (χ2v) is 8.04. The maximum atomic E-state index is 13.4. The fourth-order valence-electron chi connectivity index (χ4n) is 3.33. The highest BCUT2D eigenvalue weighted by Crippen LogP contribution is 2.33. The van der Waals surface area contributed by atoms with Crippen LogP contribution >= 0.6 is 0 Å². The quantitative estimate of drug-likeness (QED) is 0.864. The number of hydrogen-bond acceptors (Lipinski definition) is 4. The number of piperidine rings is 1. The van der Waals surface area contributed by atoms with Crippen molar-refractivity contribution in [3.63, 3.8) is 0 Å². The lowest BCUT2D eigenvalue weighted by Crippen LogP contribution is -2.46. The third kappa shape index (κ3) is 3.87. The minimum Gasteiger partial charge on any atom is -0.495 e. The van der Waals surface area contributed by atoms with Crippen molar-refractivity contribution in [2.75, 3.05) is 26.7 Å². The van der Waals surface area contributed by atoms with Crippen molar-refractivity contribution >= 4 is 10.0 Å². The van der Waals surface area contributed by atoms with Crippen LogP contribution in [-0.2, 0) is 10.0 Å². The molecule has 1 fully saturated rings. The molecule has 130 valence electrons. The first kappa shape index (κ1) is 18.2. The van der Waals surface area contributed by atoms with Gasteiger partial charge in [-0.25, -0.2) is 8.42 Å². The zero-order valence-electron chi connectivity index (χ0n) is 14.6. The third-order valence-electron chi connectivity index (χ3n) is 4.33. The van der Waals surface area contributed by atoms with E-state index in [1.165, 1.54) is 7.11 Å². The number of hydrogen-bond donors (Lipinski definition) is 1. The van der Waals surface area contributed by atoms with Crippen molar-refractivity contribution in [1.82, 2.24) is 9.62 Å². The van der Waals surface area contributed by atoms with Crippen LogP contribution in [0.15, 0.2) is 17.0 Å². The summed E-state index contributed by atoms with van der Waals surface area (Å²) in [4.78, 5) is 0.317. The van der Waals surface area contributed by atoms with Gasteiger partial charge in [-0.2, -0.15) is 4.31 Å². The van der Waals surface area contributed by atoms with Gasteiger partial charge in [0.05, 0.1) is 7.11 Å². The molecule has 1 aliphatic rings. The molecule has 0 saturated carbocycles. The number of nitrogens with one attached hydrogen (secondary N) is 1. The molecule has 1 aromatic carbocycles. The van der Waals surface area contributed by atoms with E-state index in [0.29, 0.717) is 17.2 Å². The second-order valence-electron chi connectivity index (χ2n) is 6.21. The number of ether oxygens (including phenoxy) is 1. The van der Waals surface area contributed by atoms with Gasteiger partial charge >= 0.3 is 0 Å². The monoisotopic (exact) mass is 340 g/mol.